The van der Waals surface area contributed by atoms with Gasteiger partial charge in [0.25, 0.3) is 0 Å². The minimum absolute atomic E-state index is 0.0260. The summed E-state index contributed by atoms with van der Waals surface area (Å²) in [5.74, 6) is -2.62. The van der Waals surface area contributed by atoms with Crippen LogP contribution in [0.4, 0.5) is 4.39 Å². The van der Waals surface area contributed by atoms with Crippen molar-refractivity contribution in [3.05, 3.63) is 99.9 Å². The van der Waals surface area contributed by atoms with Crippen LogP contribution in [0.15, 0.2) is 60.7 Å². The average Bonchev–Trinajstić information content (AvgIpc) is 2.69. The predicted octanol–water partition coefficient (Wildman–Crippen LogP) is 4.70. The van der Waals surface area contributed by atoms with E-state index in [1.165, 1.54) is 12.1 Å². The van der Waals surface area contributed by atoms with Gasteiger partial charge in [-0.1, -0.05) is 36.4 Å². The first-order valence-corrected chi connectivity index (χ1v) is 8.90. The summed E-state index contributed by atoms with van der Waals surface area (Å²) in [6.45, 7) is 1.92. The molecule has 29 heavy (non-hydrogen) atoms. The number of carbonyl (C=O) groups is 2. The highest BCUT2D eigenvalue weighted by atomic mass is 19.1. The van der Waals surface area contributed by atoms with Crippen molar-refractivity contribution in [3.63, 3.8) is 0 Å². The Hall–Kier alpha value is -3.67. The lowest BCUT2D eigenvalue weighted by Crippen LogP contribution is -2.10. The topological polar surface area (TPSA) is 83.8 Å². The number of aryl methyl sites for hydroxylation is 1. The van der Waals surface area contributed by atoms with Crippen molar-refractivity contribution in [1.82, 2.24) is 0 Å². The Morgan fingerprint density at radius 1 is 0.966 bits per heavy atom. The van der Waals surface area contributed by atoms with E-state index >= 15 is 0 Å². The van der Waals surface area contributed by atoms with E-state index in [4.69, 9.17) is 9.84 Å². The molecule has 0 aromatic heterocycles. The lowest BCUT2D eigenvalue weighted by molar-refractivity contribution is 0.0695. The highest BCUT2D eigenvalue weighted by Crippen LogP contribution is 2.25. The molecule has 0 atom stereocenters. The molecule has 2 N–H and O–H groups in total. The fourth-order valence-electron chi connectivity index (χ4n) is 3.06. The lowest BCUT2D eigenvalue weighted by Gasteiger charge is -2.13. The molecule has 0 aliphatic heterocycles. The van der Waals surface area contributed by atoms with Crippen LogP contribution in [0, 0.1) is 12.7 Å². The maximum absolute atomic E-state index is 14.6. The van der Waals surface area contributed by atoms with Gasteiger partial charge in [0.1, 0.15) is 18.2 Å². The molecule has 6 heteroatoms. The number of carboxylic acid groups (broad SMARTS) is 2. The minimum atomic E-state index is -1.26. The number of carboxylic acids is 2. The number of hydrogen-bond acceptors (Lipinski definition) is 3. The number of ether oxygens (including phenoxy) is 1. The molecule has 5 nitrogen and oxygen atoms in total. The molecule has 0 unspecified atom stereocenters. The normalized spacial score (nSPS) is 10.6. The second-order valence-corrected chi connectivity index (χ2v) is 6.63. The summed E-state index contributed by atoms with van der Waals surface area (Å²) >= 11 is 0. The molecule has 0 amide bonds. The van der Waals surface area contributed by atoms with Gasteiger partial charge in [0.05, 0.1) is 11.1 Å². The molecular formula is C23H19FO5. The molecule has 148 valence electrons. The zero-order chi connectivity index (χ0) is 21.0. The monoisotopic (exact) mass is 394 g/mol. The van der Waals surface area contributed by atoms with Gasteiger partial charge in [-0.15, -0.1) is 0 Å². The van der Waals surface area contributed by atoms with E-state index in [0.717, 1.165) is 11.6 Å². The van der Waals surface area contributed by atoms with Gasteiger partial charge in [-0.25, -0.2) is 14.0 Å². The van der Waals surface area contributed by atoms with Crippen LogP contribution in [0.2, 0.25) is 0 Å². The van der Waals surface area contributed by atoms with Crippen LogP contribution in [-0.4, -0.2) is 22.2 Å². The smallest absolute Gasteiger partial charge is 0.336 e. The molecule has 0 spiro atoms. The fourth-order valence-corrected chi connectivity index (χ4v) is 3.06. The predicted molar refractivity (Wildman–Crippen MR) is 105 cm³/mol. The highest BCUT2D eigenvalue weighted by molar-refractivity contribution is 5.95. The largest absolute Gasteiger partial charge is 0.489 e. The fraction of sp³-hybridized carbons (Fsp3) is 0.130. The number of halogens is 1. The third-order valence-corrected chi connectivity index (χ3v) is 4.59. The molecule has 0 radical (unpaired) electrons. The van der Waals surface area contributed by atoms with E-state index in [1.807, 2.05) is 30.3 Å². The SMILES string of the molecule is Cc1cc(C(=O)O)cc(C(=O)O)c1Cc1ccc(OCc2ccccc2)cc1F. The molecule has 3 aromatic rings. The molecule has 0 bridgehead atoms. The highest BCUT2D eigenvalue weighted by Gasteiger charge is 2.18. The first-order valence-electron chi connectivity index (χ1n) is 8.90. The number of aromatic carboxylic acids is 2. The standard InChI is InChI=1S/C23H19FO5/c1-14-9-17(22(25)26)11-20(23(27)28)19(14)10-16-7-8-18(12-21(16)24)29-13-15-5-3-2-4-6-15/h2-9,11-12H,10,13H2,1H3,(H,25,26)(H,27,28). The van der Waals surface area contributed by atoms with E-state index < -0.39 is 17.8 Å². The average molecular weight is 394 g/mol. The van der Waals surface area contributed by atoms with Crippen molar-refractivity contribution < 1.29 is 28.9 Å². The molecule has 0 aliphatic rings. The molecular weight excluding hydrogens is 375 g/mol. The summed E-state index contributed by atoms with van der Waals surface area (Å²) in [6, 6.07) is 16.4. The molecule has 0 heterocycles. The van der Waals surface area contributed by atoms with Crippen LogP contribution in [0.5, 0.6) is 5.75 Å². The Morgan fingerprint density at radius 2 is 1.69 bits per heavy atom. The summed E-state index contributed by atoms with van der Waals surface area (Å²) in [4.78, 5) is 22.8. The van der Waals surface area contributed by atoms with Gasteiger partial charge in [0.15, 0.2) is 0 Å². The van der Waals surface area contributed by atoms with E-state index in [9.17, 15) is 19.1 Å². The zero-order valence-electron chi connectivity index (χ0n) is 15.7. The van der Waals surface area contributed by atoms with Gasteiger partial charge in [0.2, 0.25) is 0 Å². The van der Waals surface area contributed by atoms with Crippen molar-refractivity contribution in [1.29, 1.82) is 0 Å². The Labute approximate surface area is 167 Å². The molecule has 3 rings (SSSR count). The first-order chi connectivity index (χ1) is 13.8. The summed E-state index contributed by atoms with van der Waals surface area (Å²) in [5.41, 5.74) is 1.84. The van der Waals surface area contributed by atoms with Crippen LogP contribution in [0.1, 0.15) is 43.0 Å². The maximum Gasteiger partial charge on any atom is 0.336 e. The van der Waals surface area contributed by atoms with Crippen LogP contribution in [0.25, 0.3) is 0 Å². The Morgan fingerprint density at radius 3 is 2.31 bits per heavy atom. The third-order valence-electron chi connectivity index (χ3n) is 4.59. The second kappa shape index (κ2) is 8.56. The van der Waals surface area contributed by atoms with E-state index in [-0.39, 0.29) is 17.5 Å². The molecule has 0 saturated carbocycles. The summed E-state index contributed by atoms with van der Waals surface area (Å²) in [6.07, 6.45) is 0.0260. The minimum Gasteiger partial charge on any atom is -0.489 e. The van der Waals surface area contributed by atoms with Crippen molar-refractivity contribution in [2.75, 3.05) is 0 Å². The molecule has 0 aliphatic carbocycles. The molecule has 0 fully saturated rings. The number of benzene rings is 3. The van der Waals surface area contributed by atoms with Crippen molar-refractivity contribution in [2.24, 2.45) is 0 Å². The van der Waals surface area contributed by atoms with Crippen molar-refractivity contribution >= 4 is 11.9 Å². The van der Waals surface area contributed by atoms with Gasteiger partial charge >= 0.3 is 11.9 Å². The number of hydrogen-bond donors (Lipinski definition) is 2. The van der Waals surface area contributed by atoms with Crippen molar-refractivity contribution in [2.45, 2.75) is 20.0 Å². The van der Waals surface area contributed by atoms with Gasteiger partial charge in [0, 0.05) is 12.5 Å². The number of rotatable bonds is 7. The van der Waals surface area contributed by atoms with Gasteiger partial charge in [-0.3, -0.25) is 0 Å². The van der Waals surface area contributed by atoms with E-state index in [1.54, 1.807) is 19.1 Å². The lowest BCUT2D eigenvalue weighted by atomic mass is 9.93. The van der Waals surface area contributed by atoms with Crippen LogP contribution < -0.4 is 4.74 Å². The quantitative estimate of drug-likeness (QED) is 0.607. The van der Waals surface area contributed by atoms with Gasteiger partial charge in [-0.05, 0) is 47.4 Å². The van der Waals surface area contributed by atoms with E-state index in [0.29, 0.717) is 29.0 Å². The Bertz CT molecular complexity index is 1060. The first kappa shape index (κ1) is 20.1. The third kappa shape index (κ3) is 4.79. The van der Waals surface area contributed by atoms with Gasteiger partial charge < -0.3 is 14.9 Å². The van der Waals surface area contributed by atoms with Crippen molar-refractivity contribution in [3.8, 4) is 5.75 Å². The summed E-state index contributed by atoms with van der Waals surface area (Å²) in [5, 5.41) is 18.6. The zero-order valence-corrected chi connectivity index (χ0v) is 15.7. The van der Waals surface area contributed by atoms with Crippen LogP contribution in [0.3, 0.4) is 0 Å². The van der Waals surface area contributed by atoms with Crippen LogP contribution in [-0.2, 0) is 13.0 Å². The van der Waals surface area contributed by atoms with Crippen LogP contribution >= 0.6 is 0 Å². The molecule has 3 aromatic carbocycles. The van der Waals surface area contributed by atoms with Gasteiger partial charge in [-0.2, -0.15) is 0 Å². The maximum atomic E-state index is 14.6. The summed E-state index contributed by atoms with van der Waals surface area (Å²) < 4.78 is 20.2. The Kier molecular flexibility index (Phi) is 5.93. The van der Waals surface area contributed by atoms with E-state index in [2.05, 4.69) is 0 Å². The summed E-state index contributed by atoms with van der Waals surface area (Å²) in [7, 11) is 0. The second-order valence-electron chi connectivity index (χ2n) is 6.63. The Balaban J connectivity index is 1.83. The molecule has 0 saturated heterocycles.